The van der Waals surface area contributed by atoms with E-state index in [4.69, 9.17) is 0 Å². The Kier molecular flexibility index (Phi) is 5.82. The fourth-order valence-corrected chi connectivity index (χ4v) is 2.52. The third-order valence-electron chi connectivity index (χ3n) is 3.68. The second-order valence-electron chi connectivity index (χ2n) is 5.32. The summed E-state index contributed by atoms with van der Waals surface area (Å²) in [5, 5.41) is 3.60. The van der Waals surface area contributed by atoms with Crippen LogP contribution in [0.2, 0.25) is 0 Å². The molecule has 1 unspecified atom stereocenters. The first-order valence-corrected chi connectivity index (χ1v) is 7.69. The molecule has 1 atom stereocenters. The predicted molar refractivity (Wildman–Crippen MR) is 87.0 cm³/mol. The van der Waals surface area contributed by atoms with Crippen LogP contribution in [0.5, 0.6) is 0 Å². The molecule has 0 aliphatic heterocycles. The maximum absolute atomic E-state index is 3.60. The van der Waals surface area contributed by atoms with Gasteiger partial charge in [-0.05, 0) is 42.5 Å². The molecule has 1 N–H and O–H groups in total. The Morgan fingerprint density at radius 3 is 2.10 bits per heavy atom. The minimum absolute atomic E-state index is 0.487. The minimum atomic E-state index is 0.487. The summed E-state index contributed by atoms with van der Waals surface area (Å²) in [6.45, 7) is 5.54. The first-order chi connectivity index (χ1) is 9.83. The van der Waals surface area contributed by atoms with Gasteiger partial charge in [0.25, 0.3) is 0 Å². The lowest BCUT2D eigenvalue weighted by Crippen LogP contribution is -2.21. The fraction of sp³-hybridized carbons (Fsp3) is 0.368. The van der Waals surface area contributed by atoms with Gasteiger partial charge in [0.15, 0.2) is 0 Å². The number of hydrogen-bond donors (Lipinski definition) is 1. The number of hydrogen-bond acceptors (Lipinski definition) is 1. The normalized spacial score (nSPS) is 12.3. The lowest BCUT2D eigenvalue weighted by atomic mass is 9.99. The molecule has 20 heavy (non-hydrogen) atoms. The summed E-state index contributed by atoms with van der Waals surface area (Å²) in [6.07, 6.45) is 3.33. The highest BCUT2D eigenvalue weighted by Crippen LogP contribution is 2.18. The molecule has 0 aromatic heterocycles. The van der Waals surface area contributed by atoms with Crippen LogP contribution in [0.1, 0.15) is 49.4 Å². The van der Waals surface area contributed by atoms with Crippen LogP contribution >= 0.6 is 0 Å². The van der Waals surface area contributed by atoms with Gasteiger partial charge in [0.2, 0.25) is 0 Å². The number of nitrogens with one attached hydrogen (secondary N) is 1. The summed E-state index contributed by atoms with van der Waals surface area (Å²) in [5.41, 5.74) is 4.15. The molecule has 0 saturated heterocycles. The van der Waals surface area contributed by atoms with Crippen molar-refractivity contribution in [2.24, 2.45) is 0 Å². The van der Waals surface area contributed by atoms with E-state index in [2.05, 4.69) is 73.8 Å². The van der Waals surface area contributed by atoms with Crippen LogP contribution in [-0.2, 0) is 6.42 Å². The van der Waals surface area contributed by atoms with Crippen molar-refractivity contribution in [2.75, 3.05) is 6.54 Å². The van der Waals surface area contributed by atoms with Gasteiger partial charge in [-0.15, -0.1) is 0 Å². The Hall–Kier alpha value is -1.60. The molecule has 0 aliphatic carbocycles. The first-order valence-electron chi connectivity index (χ1n) is 7.69. The standard InChI is InChI=1S/C19H25N/c1-3-14-20-19(4-2)18-12-10-17(11-13-18)15-16-8-6-5-7-9-16/h5-13,19-20H,3-4,14-15H2,1-2H3. The largest absolute Gasteiger partial charge is 0.310 e. The van der Waals surface area contributed by atoms with Crippen molar-refractivity contribution in [2.45, 2.75) is 39.2 Å². The fourth-order valence-electron chi connectivity index (χ4n) is 2.52. The third kappa shape index (κ3) is 4.21. The molecule has 2 rings (SSSR count). The van der Waals surface area contributed by atoms with Crippen LogP contribution in [0, 0.1) is 0 Å². The van der Waals surface area contributed by atoms with Crippen molar-refractivity contribution < 1.29 is 0 Å². The van der Waals surface area contributed by atoms with Gasteiger partial charge in [0.1, 0.15) is 0 Å². The summed E-state index contributed by atoms with van der Waals surface area (Å²) in [6, 6.07) is 20.2. The number of rotatable bonds is 7. The van der Waals surface area contributed by atoms with E-state index >= 15 is 0 Å². The molecular formula is C19H25N. The van der Waals surface area contributed by atoms with Gasteiger partial charge in [0.05, 0.1) is 0 Å². The molecular weight excluding hydrogens is 242 g/mol. The molecule has 0 fully saturated rings. The van der Waals surface area contributed by atoms with Crippen molar-refractivity contribution in [1.82, 2.24) is 5.32 Å². The van der Waals surface area contributed by atoms with E-state index in [9.17, 15) is 0 Å². The summed E-state index contributed by atoms with van der Waals surface area (Å²) >= 11 is 0. The van der Waals surface area contributed by atoms with Crippen molar-refractivity contribution >= 4 is 0 Å². The van der Waals surface area contributed by atoms with Gasteiger partial charge < -0.3 is 5.32 Å². The Labute approximate surface area is 123 Å². The van der Waals surface area contributed by atoms with Crippen LogP contribution in [0.25, 0.3) is 0 Å². The molecule has 106 valence electrons. The van der Waals surface area contributed by atoms with E-state index < -0.39 is 0 Å². The zero-order valence-corrected chi connectivity index (χ0v) is 12.6. The second-order valence-corrected chi connectivity index (χ2v) is 5.32. The Morgan fingerprint density at radius 2 is 1.50 bits per heavy atom. The summed E-state index contributed by atoms with van der Waals surface area (Å²) < 4.78 is 0. The first kappa shape index (κ1) is 14.8. The highest BCUT2D eigenvalue weighted by molar-refractivity contribution is 5.29. The molecule has 1 heteroatoms. The maximum atomic E-state index is 3.60. The van der Waals surface area contributed by atoms with Crippen molar-refractivity contribution in [3.05, 3.63) is 71.3 Å². The van der Waals surface area contributed by atoms with E-state index in [-0.39, 0.29) is 0 Å². The lowest BCUT2D eigenvalue weighted by molar-refractivity contribution is 0.518. The smallest absolute Gasteiger partial charge is 0.0317 e. The topological polar surface area (TPSA) is 12.0 Å². The minimum Gasteiger partial charge on any atom is -0.310 e. The summed E-state index contributed by atoms with van der Waals surface area (Å²) in [7, 11) is 0. The van der Waals surface area contributed by atoms with Gasteiger partial charge in [-0.3, -0.25) is 0 Å². The van der Waals surface area contributed by atoms with Gasteiger partial charge >= 0.3 is 0 Å². The van der Waals surface area contributed by atoms with E-state index in [0.717, 1.165) is 19.4 Å². The average Bonchev–Trinajstić information content (AvgIpc) is 2.50. The number of benzene rings is 2. The zero-order valence-electron chi connectivity index (χ0n) is 12.6. The van der Waals surface area contributed by atoms with Gasteiger partial charge in [0, 0.05) is 6.04 Å². The second kappa shape index (κ2) is 7.86. The molecule has 0 heterocycles. The predicted octanol–water partition coefficient (Wildman–Crippen LogP) is 4.73. The molecule has 0 bridgehead atoms. The average molecular weight is 267 g/mol. The molecule has 2 aromatic rings. The molecule has 0 amide bonds. The maximum Gasteiger partial charge on any atom is 0.0317 e. The molecule has 0 radical (unpaired) electrons. The summed E-state index contributed by atoms with van der Waals surface area (Å²) in [4.78, 5) is 0. The third-order valence-corrected chi connectivity index (χ3v) is 3.68. The van der Waals surface area contributed by atoms with Gasteiger partial charge in [-0.1, -0.05) is 68.4 Å². The molecule has 0 aliphatic rings. The van der Waals surface area contributed by atoms with E-state index in [0.29, 0.717) is 6.04 Å². The van der Waals surface area contributed by atoms with Crippen LogP contribution in [0.15, 0.2) is 54.6 Å². The van der Waals surface area contributed by atoms with E-state index in [1.807, 2.05) is 0 Å². The highest BCUT2D eigenvalue weighted by atomic mass is 14.9. The lowest BCUT2D eigenvalue weighted by Gasteiger charge is -2.17. The van der Waals surface area contributed by atoms with Gasteiger partial charge in [-0.25, -0.2) is 0 Å². The zero-order chi connectivity index (χ0) is 14.2. The molecule has 0 saturated carbocycles. The van der Waals surface area contributed by atoms with Crippen LogP contribution in [0.4, 0.5) is 0 Å². The molecule has 1 nitrogen and oxygen atoms in total. The van der Waals surface area contributed by atoms with Crippen molar-refractivity contribution in [1.29, 1.82) is 0 Å². The SMILES string of the molecule is CCCNC(CC)c1ccc(Cc2ccccc2)cc1. The quantitative estimate of drug-likeness (QED) is 0.765. The Balaban J connectivity index is 2.02. The van der Waals surface area contributed by atoms with E-state index in [1.165, 1.54) is 23.1 Å². The Bertz CT molecular complexity index is 487. The summed E-state index contributed by atoms with van der Waals surface area (Å²) in [5.74, 6) is 0. The van der Waals surface area contributed by atoms with Crippen LogP contribution < -0.4 is 5.32 Å². The monoisotopic (exact) mass is 267 g/mol. The molecule has 0 spiro atoms. The highest BCUT2D eigenvalue weighted by Gasteiger charge is 2.07. The molecule has 2 aromatic carbocycles. The van der Waals surface area contributed by atoms with Crippen LogP contribution in [0.3, 0.4) is 0 Å². The van der Waals surface area contributed by atoms with Crippen LogP contribution in [-0.4, -0.2) is 6.54 Å². The van der Waals surface area contributed by atoms with Crippen molar-refractivity contribution in [3.63, 3.8) is 0 Å². The van der Waals surface area contributed by atoms with E-state index in [1.54, 1.807) is 0 Å². The van der Waals surface area contributed by atoms with Gasteiger partial charge in [-0.2, -0.15) is 0 Å². The van der Waals surface area contributed by atoms with Crippen molar-refractivity contribution in [3.8, 4) is 0 Å². The Morgan fingerprint density at radius 1 is 0.850 bits per heavy atom.